The zero-order valence-electron chi connectivity index (χ0n) is 16.4. The highest BCUT2D eigenvalue weighted by Crippen LogP contribution is 2.26. The van der Waals surface area contributed by atoms with E-state index in [1.807, 2.05) is 0 Å². The van der Waals surface area contributed by atoms with Crippen LogP contribution in [-0.4, -0.2) is 60.3 Å². The number of benzene rings is 1. The molecule has 0 saturated heterocycles. The number of methoxy groups -OCH3 is 2. The van der Waals surface area contributed by atoms with Crippen molar-refractivity contribution in [1.29, 1.82) is 0 Å². The molecule has 27 heavy (non-hydrogen) atoms. The van der Waals surface area contributed by atoms with Crippen LogP contribution in [0.15, 0.2) is 23.1 Å². The van der Waals surface area contributed by atoms with E-state index in [4.69, 9.17) is 9.47 Å². The highest BCUT2D eigenvalue weighted by Gasteiger charge is 2.26. The first-order chi connectivity index (χ1) is 12.1. The molecule has 0 unspecified atom stereocenters. The molecule has 1 amide bonds. The summed E-state index contributed by atoms with van der Waals surface area (Å²) in [5, 5.41) is 5.85. The Kier molecular flexibility index (Phi) is 10.9. The van der Waals surface area contributed by atoms with Crippen LogP contribution in [0, 0.1) is 0 Å². The molecule has 0 heterocycles. The van der Waals surface area contributed by atoms with Crippen LogP contribution in [0.5, 0.6) is 5.75 Å². The van der Waals surface area contributed by atoms with Crippen LogP contribution in [-0.2, 0) is 14.8 Å². The van der Waals surface area contributed by atoms with Crippen LogP contribution in [0.25, 0.3) is 0 Å². The number of sulfonamides is 1. The Morgan fingerprint density at radius 3 is 2.33 bits per heavy atom. The van der Waals surface area contributed by atoms with Crippen LogP contribution in [0.2, 0.25) is 0 Å². The van der Waals surface area contributed by atoms with Crippen molar-refractivity contribution in [1.82, 2.24) is 15.4 Å². The lowest BCUT2D eigenvalue weighted by Gasteiger charge is -2.21. The van der Waals surface area contributed by atoms with Crippen LogP contribution < -0.4 is 20.1 Å². The summed E-state index contributed by atoms with van der Waals surface area (Å²) in [5.74, 6) is -0.173. The fourth-order valence-corrected chi connectivity index (χ4v) is 3.77. The zero-order valence-corrected chi connectivity index (χ0v) is 18.1. The van der Waals surface area contributed by atoms with E-state index >= 15 is 0 Å². The third-order valence-electron chi connectivity index (χ3n) is 3.23. The lowest BCUT2D eigenvalue weighted by atomic mass is 10.1. The van der Waals surface area contributed by atoms with Gasteiger partial charge in [-0.3, -0.25) is 4.79 Å². The van der Waals surface area contributed by atoms with E-state index < -0.39 is 15.6 Å². The molecule has 0 aliphatic heterocycles. The highest BCUT2D eigenvalue weighted by atomic mass is 35.5. The molecule has 0 aliphatic carbocycles. The van der Waals surface area contributed by atoms with Gasteiger partial charge in [0.05, 0.1) is 13.7 Å². The summed E-state index contributed by atoms with van der Waals surface area (Å²) < 4.78 is 37.9. The first-order valence-electron chi connectivity index (χ1n) is 8.30. The highest BCUT2D eigenvalue weighted by molar-refractivity contribution is 7.89. The summed E-state index contributed by atoms with van der Waals surface area (Å²) in [6.07, 6.45) is 0. The Hall–Kier alpha value is -1.39. The molecule has 0 aromatic heterocycles. The first kappa shape index (κ1) is 25.6. The number of amides is 1. The van der Waals surface area contributed by atoms with E-state index in [2.05, 4.69) is 15.4 Å². The number of carbonyl (C=O) groups excluding carboxylic acids is 1. The summed E-state index contributed by atoms with van der Waals surface area (Å²) in [4.78, 5) is 12.2. The molecule has 156 valence electrons. The maximum absolute atomic E-state index is 12.6. The molecule has 0 bridgehead atoms. The van der Waals surface area contributed by atoms with Crippen LogP contribution in [0.3, 0.4) is 0 Å². The van der Waals surface area contributed by atoms with E-state index in [0.29, 0.717) is 26.2 Å². The topological polar surface area (TPSA) is 106 Å². The number of hydrogen-bond donors (Lipinski definition) is 3. The monoisotopic (exact) mass is 423 g/mol. The molecule has 0 saturated carbocycles. The molecular formula is C17H30ClN3O5S. The first-order valence-corrected chi connectivity index (χ1v) is 9.79. The van der Waals surface area contributed by atoms with Gasteiger partial charge in [0.25, 0.3) is 5.91 Å². The van der Waals surface area contributed by atoms with E-state index in [-0.39, 0.29) is 34.5 Å². The van der Waals surface area contributed by atoms with Crippen LogP contribution in [0.1, 0.15) is 31.1 Å². The van der Waals surface area contributed by atoms with Gasteiger partial charge in [0.1, 0.15) is 10.6 Å². The predicted molar refractivity (Wildman–Crippen MR) is 107 cm³/mol. The van der Waals surface area contributed by atoms with Gasteiger partial charge in [-0.2, -0.15) is 0 Å². The largest absolute Gasteiger partial charge is 0.495 e. The summed E-state index contributed by atoms with van der Waals surface area (Å²) >= 11 is 0. The smallest absolute Gasteiger partial charge is 0.251 e. The summed E-state index contributed by atoms with van der Waals surface area (Å²) in [6, 6.07) is 4.33. The minimum Gasteiger partial charge on any atom is -0.495 e. The number of hydrogen-bond acceptors (Lipinski definition) is 6. The number of nitrogens with one attached hydrogen (secondary N) is 3. The Balaban J connectivity index is 0.00000676. The lowest BCUT2D eigenvalue weighted by molar-refractivity contribution is 0.0953. The Bertz CT molecular complexity index is 705. The van der Waals surface area contributed by atoms with Crippen molar-refractivity contribution in [2.24, 2.45) is 0 Å². The Morgan fingerprint density at radius 2 is 1.78 bits per heavy atom. The summed E-state index contributed by atoms with van der Waals surface area (Å²) in [5.41, 5.74) is -0.410. The molecule has 0 aliphatic rings. The Labute approximate surface area is 167 Å². The fourth-order valence-electron chi connectivity index (χ4n) is 2.15. The SMILES string of the molecule is COCCNCCNC(=O)c1ccc(OC)c(S(=O)(=O)NC(C)(C)C)c1.Cl. The molecular weight excluding hydrogens is 394 g/mol. The molecule has 10 heteroatoms. The van der Waals surface area contributed by atoms with E-state index in [1.54, 1.807) is 27.9 Å². The molecule has 3 N–H and O–H groups in total. The van der Waals surface area contributed by atoms with Gasteiger partial charge in [-0.1, -0.05) is 0 Å². The van der Waals surface area contributed by atoms with Gasteiger partial charge in [0.15, 0.2) is 0 Å². The summed E-state index contributed by atoms with van der Waals surface area (Å²) in [7, 11) is -0.829. The van der Waals surface area contributed by atoms with Gasteiger partial charge in [0.2, 0.25) is 10.0 Å². The average Bonchev–Trinajstić information content (AvgIpc) is 2.55. The molecule has 0 radical (unpaired) electrons. The quantitative estimate of drug-likeness (QED) is 0.487. The minimum absolute atomic E-state index is 0. The molecule has 1 rings (SSSR count). The minimum atomic E-state index is -3.83. The molecule has 1 aromatic carbocycles. The van der Waals surface area contributed by atoms with Gasteiger partial charge in [-0.15, -0.1) is 12.4 Å². The van der Waals surface area contributed by atoms with Crippen molar-refractivity contribution in [3.8, 4) is 5.75 Å². The number of carbonyl (C=O) groups is 1. The van der Waals surface area contributed by atoms with Gasteiger partial charge < -0.3 is 20.1 Å². The third kappa shape index (κ3) is 8.89. The number of ether oxygens (including phenoxy) is 2. The lowest BCUT2D eigenvalue weighted by Crippen LogP contribution is -2.40. The van der Waals surface area contributed by atoms with Crippen molar-refractivity contribution in [3.63, 3.8) is 0 Å². The molecule has 0 spiro atoms. The Morgan fingerprint density at radius 1 is 1.11 bits per heavy atom. The van der Waals surface area contributed by atoms with Crippen molar-refractivity contribution in [2.75, 3.05) is 40.5 Å². The predicted octanol–water partition coefficient (Wildman–Crippen LogP) is 1.16. The third-order valence-corrected chi connectivity index (χ3v) is 5.01. The van der Waals surface area contributed by atoms with Gasteiger partial charge >= 0.3 is 0 Å². The van der Waals surface area contributed by atoms with Crippen molar-refractivity contribution >= 4 is 28.3 Å². The maximum Gasteiger partial charge on any atom is 0.251 e. The summed E-state index contributed by atoms with van der Waals surface area (Å²) in [6.45, 7) is 7.50. The normalized spacial score (nSPS) is 11.6. The van der Waals surface area contributed by atoms with E-state index in [1.165, 1.54) is 25.3 Å². The van der Waals surface area contributed by atoms with E-state index in [0.717, 1.165) is 0 Å². The zero-order chi connectivity index (χ0) is 19.8. The van der Waals surface area contributed by atoms with Crippen molar-refractivity contribution in [3.05, 3.63) is 23.8 Å². The second kappa shape index (κ2) is 11.5. The molecule has 0 atom stereocenters. The fraction of sp³-hybridized carbons (Fsp3) is 0.588. The second-order valence-corrected chi connectivity index (χ2v) is 8.37. The van der Waals surface area contributed by atoms with Crippen molar-refractivity contribution in [2.45, 2.75) is 31.2 Å². The standard InChI is InChI=1S/C17H29N3O5S.ClH/c1-17(2,3)20-26(22,23)15-12-13(6-7-14(15)25-5)16(21)19-9-8-18-10-11-24-4;/h6-7,12,18,20H,8-11H2,1-5H3,(H,19,21);1H. The van der Waals surface area contributed by atoms with Gasteiger partial charge in [-0.05, 0) is 39.0 Å². The van der Waals surface area contributed by atoms with Gasteiger partial charge in [0, 0.05) is 37.8 Å². The molecule has 0 fully saturated rings. The average molecular weight is 424 g/mol. The second-order valence-electron chi connectivity index (χ2n) is 6.72. The molecule has 8 nitrogen and oxygen atoms in total. The van der Waals surface area contributed by atoms with Crippen molar-refractivity contribution < 1.29 is 22.7 Å². The van der Waals surface area contributed by atoms with Crippen LogP contribution >= 0.6 is 12.4 Å². The maximum atomic E-state index is 12.6. The van der Waals surface area contributed by atoms with Crippen LogP contribution in [0.4, 0.5) is 0 Å². The number of rotatable bonds is 10. The molecule has 1 aromatic rings. The van der Waals surface area contributed by atoms with Gasteiger partial charge in [-0.25, -0.2) is 13.1 Å². The number of halogens is 1. The van der Waals surface area contributed by atoms with E-state index in [9.17, 15) is 13.2 Å².